The van der Waals surface area contributed by atoms with Crippen molar-refractivity contribution in [3.8, 4) is 11.5 Å². The zero-order chi connectivity index (χ0) is 9.26. The van der Waals surface area contributed by atoms with Gasteiger partial charge >= 0.3 is 0 Å². The quantitative estimate of drug-likeness (QED) is 0.753. The van der Waals surface area contributed by atoms with Gasteiger partial charge < -0.3 is 4.52 Å². The molecule has 0 aromatic carbocycles. The Morgan fingerprint density at radius 1 is 1.38 bits per heavy atom. The Hall–Kier alpha value is -0.980. The van der Waals surface area contributed by atoms with Crippen molar-refractivity contribution in [2.75, 3.05) is 0 Å². The molecule has 0 spiro atoms. The predicted molar refractivity (Wildman–Crippen MR) is 55.0 cm³/mol. The van der Waals surface area contributed by atoms with E-state index in [0.717, 1.165) is 11.3 Å². The molecule has 2 aromatic heterocycles. The summed E-state index contributed by atoms with van der Waals surface area (Å²) in [7, 11) is 0. The van der Waals surface area contributed by atoms with Crippen LogP contribution < -0.4 is 0 Å². The summed E-state index contributed by atoms with van der Waals surface area (Å²) in [4.78, 5) is 8.23. The van der Waals surface area contributed by atoms with Crippen molar-refractivity contribution in [2.45, 2.75) is 6.92 Å². The van der Waals surface area contributed by atoms with Crippen molar-refractivity contribution in [1.29, 1.82) is 0 Å². The minimum Gasteiger partial charge on any atom is -0.328 e. The summed E-state index contributed by atoms with van der Waals surface area (Å²) in [5.41, 5.74) is 1.85. The van der Waals surface area contributed by atoms with Gasteiger partial charge in [-0.3, -0.25) is 4.98 Å². The van der Waals surface area contributed by atoms with Gasteiger partial charge in [-0.1, -0.05) is 11.2 Å². The van der Waals surface area contributed by atoms with Crippen molar-refractivity contribution in [3.05, 3.63) is 27.8 Å². The molecule has 66 valence electrons. The molecule has 0 radical (unpaired) electrons. The highest BCUT2D eigenvalue weighted by Crippen LogP contribution is 2.13. The molecule has 0 aliphatic carbocycles. The van der Waals surface area contributed by atoms with Crippen LogP contribution in [0.2, 0.25) is 0 Å². The highest BCUT2D eigenvalue weighted by Gasteiger charge is 2.06. The van der Waals surface area contributed by atoms with Crippen LogP contribution in [0.5, 0.6) is 0 Å². The van der Waals surface area contributed by atoms with E-state index >= 15 is 0 Å². The third kappa shape index (κ3) is 1.85. The first-order chi connectivity index (χ1) is 6.25. The Morgan fingerprint density at radius 2 is 2.23 bits per heavy atom. The Kier molecular flexibility index (Phi) is 2.26. The fourth-order valence-corrected chi connectivity index (χ4v) is 1.24. The molecule has 0 unspecified atom stereocenters. The number of halogens is 1. The molecule has 0 fully saturated rings. The van der Waals surface area contributed by atoms with E-state index in [1.165, 1.54) is 0 Å². The lowest BCUT2D eigenvalue weighted by Gasteiger charge is -1.92. The Bertz CT molecular complexity index is 410. The molecule has 0 N–H and O–H groups in total. The van der Waals surface area contributed by atoms with Crippen LogP contribution in [0.4, 0.5) is 0 Å². The van der Waals surface area contributed by atoms with E-state index in [1.807, 2.05) is 41.6 Å². The summed E-state index contributed by atoms with van der Waals surface area (Å²) in [6, 6.07) is 3.84. The van der Waals surface area contributed by atoms with E-state index in [9.17, 15) is 0 Å². The molecule has 13 heavy (non-hydrogen) atoms. The van der Waals surface area contributed by atoms with Crippen LogP contribution in [0.15, 0.2) is 22.9 Å². The second kappa shape index (κ2) is 3.41. The van der Waals surface area contributed by atoms with Gasteiger partial charge in [0.1, 0.15) is 5.69 Å². The topological polar surface area (TPSA) is 51.8 Å². The van der Waals surface area contributed by atoms with Gasteiger partial charge in [0, 0.05) is 28.8 Å². The summed E-state index contributed by atoms with van der Waals surface area (Å²) >= 11 is 1.97. The largest absolute Gasteiger partial charge is 0.328 e. The van der Waals surface area contributed by atoms with E-state index in [4.69, 9.17) is 4.52 Å². The second-order valence-corrected chi connectivity index (χ2v) is 3.51. The highest BCUT2D eigenvalue weighted by molar-refractivity contribution is 14.1. The molecular weight excluding hydrogens is 281 g/mol. The van der Waals surface area contributed by atoms with Crippen LogP contribution in [0, 0.1) is 10.8 Å². The molecule has 2 aromatic rings. The van der Waals surface area contributed by atoms with Crippen molar-refractivity contribution < 1.29 is 4.52 Å². The average molecular weight is 287 g/mol. The minimum absolute atomic E-state index is 0.523. The first kappa shape index (κ1) is 8.61. The smallest absolute Gasteiger partial charge is 0.287 e. The normalized spacial score (nSPS) is 10.3. The number of hydrogen-bond donors (Lipinski definition) is 0. The van der Waals surface area contributed by atoms with Crippen molar-refractivity contribution in [3.63, 3.8) is 0 Å². The highest BCUT2D eigenvalue weighted by atomic mass is 127. The number of aromatic nitrogens is 3. The lowest BCUT2D eigenvalue weighted by molar-refractivity contribution is 0.394. The molecule has 0 aliphatic heterocycles. The summed E-state index contributed by atoms with van der Waals surface area (Å²) in [6.45, 7) is 1.98. The maximum absolute atomic E-state index is 4.83. The van der Waals surface area contributed by atoms with Gasteiger partial charge in [-0.15, -0.1) is 0 Å². The molecule has 0 atom stereocenters. The maximum Gasteiger partial charge on any atom is 0.287 e. The lowest BCUT2D eigenvalue weighted by Crippen LogP contribution is -1.85. The fourth-order valence-electron chi connectivity index (χ4n) is 0.909. The van der Waals surface area contributed by atoms with Gasteiger partial charge in [0.25, 0.3) is 3.90 Å². The van der Waals surface area contributed by atoms with Gasteiger partial charge in [0.15, 0.2) is 0 Å². The van der Waals surface area contributed by atoms with Crippen LogP contribution in [0.1, 0.15) is 5.56 Å². The van der Waals surface area contributed by atoms with Crippen molar-refractivity contribution >= 4 is 22.6 Å². The van der Waals surface area contributed by atoms with E-state index in [1.54, 1.807) is 6.20 Å². The Morgan fingerprint density at radius 3 is 2.77 bits per heavy atom. The summed E-state index contributed by atoms with van der Waals surface area (Å²) in [6.07, 6.45) is 1.78. The second-order valence-electron chi connectivity index (χ2n) is 2.59. The zero-order valence-electron chi connectivity index (χ0n) is 6.86. The third-order valence-corrected chi connectivity index (χ3v) is 1.98. The summed E-state index contributed by atoms with van der Waals surface area (Å²) < 4.78 is 5.36. The van der Waals surface area contributed by atoms with Crippen molar-refractivity contribution in [1.82, 2.24) is 15.1 Å². The summed E-state index contributed by atoms with van der Waals surface area (Å²) in [5.74, 6) is 0.532. The molecule has 2 heterocycles. The van der Waals surface area contributed by atoms with E-state index < -0.39 is 0 Å². The Balaban J connectivity index is 2.41. The number of pyridine rings is 1. The lowest BCUT2D eigenvalue weighted by atomic mass is 10.3. The van der Waals surface area contributed by atoms with Gasteiger partial charge in [0.2, 0.25) is 5.82 Å². The molecule has 4 nitrogen and oxygen atoms in total. The molecule has 0 bridgehead atoms. The van der Waals surface area contributed by atoms with Crippen LogP contribution in [0.3, 0.4) is 0 Å². The fraction of sp³-hybridized carbons (Fsp3) is 0.125. The number of rotatable bonds is 1. The molecule has 5 heteroatoms. The van der Waals surface area contributed by atoms with Crippen molar-refractivity contribution in [2.24, 2.45) is 0 Å². The molecule has 0 amide bonds. The molecule has 0 aliphatic rings. The Labute approximate surface area is 88.5 Å². The number of nitrogens with zero attached hydrogens (tertiary/aromatic N) is 3. The van der Waals surface area contributed by atoms with E-state index in [-0.39, 0.29) is 0 Å². The van der Waals surface area contributed by atoms with Crippen LogP contribution in [0.25, 0.3) is 11.5 Å². The van der Waals surface area contributed by atoms with Crippen LogP contribution in [-0.4, -0.2) is 15.1 Å². The van der Waals surface area contributed by atoms with Gasteiger partial charge in [-0.2, -0.15) is 4.98 Å². The molecule has 2 rings (SSSR count). The number of aryl methyl sites for hydroxylation is 1. The molecule has 0 saturated heterocycles. The van der Waals surface area contributed by atoms with Gasteiger partial charge in [0.05, 0.1) is 0 Å². The van der Waals surface area contributed by atoms with E-state index in [2.05, 4.69) is 15.1 Å². The first-order valence-electron chi connectivity index (χ1n) is 3.68. The average Bonchev–Trinajstić information content (AvgIpc) is 2.53. The van der Waals surface area contributed by atoms with Gasteiger partial charge in [-0.05, 0) is 18.6 Å². The third-order valence-electron chi connectivity index (χ3n) is 1.54. The maximum atomic E-state index is 4.83. The predicted octanol–water partition coefficient (Wildman–Crippen LogP) is 2.04. The SMILES string of the molecule is Cc1ccc(-c2noc(I)n2)nc1. The molecule has 0 saturated carbocycles. The summed E-state index contributed by atoms with van der Waals surface area (Å²) in [5, 5.41) is 3.76. The van der Waals surface area contributed by atoms with Crippen LogP contribution >= 0.6 is 22.6 Å². The van der Waals surface area contributed by atoms with E-state index in [0.29, 0.717) is 9.72 Å². The first-order valence-corrected chi connectivity index (χ1v) is 4.76. The van der Waals surface area contributed by atoms with Gasteiger partial charge in [-0.25, -0.2) is 0 Å². The van der Waals surface area contributed by atoms with Crippen LogP contribution in [-0.2, 0) is 0 Å². The zero-order valence-corrected chi connectivity index (χ0v) is 9.02. The standard InChI is InChI=1S/C8H6IN3O/c1-5-2-3-6(10-4-5)7-11-8(9)13-12-7/h2-4H,1H3. The molecular formula is C8H6IN3O. The monoisotopic (exact) mass is 287 g/mol. The minimum atomic E-state index is 0.523. The number of hydrogen-bond acceptors (Lipinski definition) is 4.